The van der Waals surface area contributed by atoms with Gasteiger partial charge in [0.15, 0.2) is 6.17 Å². The van der Waals surface area contributed by atoms with Crippen molar-refractivity contribution in [3.05, 3.63) is 35.6 Å². The van der Waals surface area contributed by atoms with Gasteiger partial charge in [-0.3, -0.25) is 20.2 Å². The van der Waals surface area contributed by atoms with Crippen LogP contribution in [0.5, 0.6) is 0 Å². The molecular weight excluding hydrogens is 271 g/mol. The van der Waals surface area contributed by atoms with Crippen molar-refractivity contribution in [2.45, 2.75) is 6.17 Å². The lowest BCUT2D eigenvalue weighted by Crippen LogP contribution is -2.51. The number of benzene rings is 1. The molecule has 0 saturated carbocycles. The summed E-state index contributed by atoms with van der Waals surface area (Å²) in [4.78, 5) is 45.0. The fraction of sp³-hybridized carbons (Fsp3) is 0.0909. The predicted molar refractivity (Wildman–Crippen MR) is 62.9 cm³/mol. The van der Waals surface area contributed by atoms with Gasteiger partial charge in [-0.2, -0.15) is 0 Å². The zero-order valence-electron chi connectivity index (χ0n) is 9.90. The molecule has 1 fully saturated rings. The molecule has 20 heavy (non-hydrogen) atoms. The van der Waals surface area contributed by atoms with Crippen LogP contribution in [0.2, 0.25) is 0 Å². The van der Waals surface area contributed by atoms with E-state index in [-0.39, 0.29) is 5.56 Å². The summed E-state index contributed by atoms with van der Waals surface area (Å²) in [5.41, 5.74) is 0.0708. The van der Waals surface area contributed by atoms with Crippen LogP contribution in [0.15, 0.2) is 24.3 Å². The normalized spacial score (nSPS) is 17.1. The Bertz CT molecular complexity index is 587. The second-order valence-electron chi connectivity index (χ2n) is 3.83. The van der Waals surface area contributed by atoms with Crippen molar-refractivity contribution in [3.8, 4) is 0 Å². The summed E-state index contributed by atoms with van der Waals surface area (Å²) < 4.78 is 12.7. The van der Waals surface area contributed by atoms with Crippen molar-refractivity contribution in [2.24, 2.45) is 0 Å². The number of imide groups is 2. The quantitative estimate of drug-likeness (QED) is 0.543. The van der Waals surface area contributed by atoms with Crippen molar-refractivity contribution in [1.29, 1.82) is 0 Å². The van der Waals surface area contributed by atoms with Crippen LogP contribution in [0, 0.1) is 5.82 Å². The van der Waals surface area contributed by atoms with Gasteiger partial charge < -0.3 is 10.6 Å². The van der Waals surface area contributed by atoms with Crippen molar-refractivity contribution in [1.82, 2.24) is 21.3 Å². The zero-order valence-corrected chi connectivity index (χ0v) is 9.90. The molecule has 4 N–H and O–H groups in total. The number of rotatable bonds is 2. The van der Waals surface area contributed by atoms with E-state index in [2.05, 4.69) is 10.6 Å². The number of hydrogen-bond donors (Lipinski definition) is 4. The van der Waals surface area contributed by atoms with Gasteiger partial charge in [0.2, 0.25) is 0 Å². The molecule has 0 aliphatic carbocycles. The van der Waals surface area contributed by atoms with Gasteiger partial charge >= 0.3 is 12.1 Å². The molecule has 0 spiro atoms. The maximum atomic E-state index is 12.7. The first-order valence-corrected chi connectivity index (χ1v) is 5.44. The van der Waals surface area contributed by atoms with Gasteiger partial charge in [-0.05, 0) is 24.3 Å². The van der Waals surface area contributed by atoms with Gasteiger partial charge in [0.1, 0.15) is 5.82 Å². The molecule has 1 aromatic carbocycles. The number of nitrogens with one attached hydrogen (secondary N) is 4. The summed E-state index contributed by atoms with van der Waals surface area (Å²) in [6.07, 6.45) is -1.25. The SMILES string of the molecule is O=C(NC(=O)c1ccc(F)cc1)NC1NC(=O)NC1=O. The van der Waals surface area contributed by atoms with Crippen LogP contribution in [0.3, 0.4) is 0 Å². The van der Waals surface area contributed by atoms with E-state index in [1.54, 1.807) is 0 Å². The monoisotopic (exact) mass is 280 g/mol. The second kappa shape index (κ2) is 5.34. The lowest BCUT2D eigenvalue weighted by molar-refractivity contribution is -0.120. The largest absolute Gasteiger partial charge is 0.323 e. The molecule has 6 amide bonds. The Labute approximate surface area is 111 Å². The summed E-state index contributed by atoms with van der Waals surface area (Å²) in [6.45, 7) is 0. The van der Waals surface area contributed by atoms with Gasteiger partial charge in [0.05, 0.1) is 0 Å². The highest BCUT2D eigenvalue weighted by Crippen LogP contribution is 2.02. The molecule has 0 aromatic heterocycles. The van der Waals surface area contributed by atoms with Crippen molar-refractivity contribution in [2.75, 3.05) is 0 Å². The lowest BCUT2D eigenvalue weighted by Gasteiger charge is -2.10. The van der Waals surface area contributed by atoms with Crippen LogP contribution in [-0.4, -0.2) is 30.0 Å². The van der Waals surface area contributed by atoms with E-state index in [9.17, 15) is 23.6 Å². The summed E-state index contributed by atoms with van der Waals surface area (Å²) >= 11 is 0. The number of hydrogen-bond acceptors (Lipinski definition) is 4. The molecule has 104 valence electrons. The van der Waals surface area contributed by atoms with E-state index in [0.717, 1.165) is 12.1 Å². The summed E-state index contributed by atoms with van der Waals surface area (Å²) in [5.74, 6) is -2.03. The zero-order chi connectivity index (χ0) is 14.7. The minimum atomic E-state index is -1.25. The van der Waals surface area contributed by atoms with Crippen LogP contribution in [-0.2, 0) is 4.79 Å². The van der Waals surface area contributed by atoms with Crippen LogP contribution in [0.4, 0.5) is 14.0 Å². The van der Waals surface area contributed by atoms with Crippen molar-refractivity contribution < 1.29 is 23.6 Å². The average Bonchev–Trinajstić information content (AvgIpc) is 2.68. The number of amides is 6. The summed E-state index contributed by atoms with van der Waals surface area (Å²) in [6, 6.07) is 2.81. The molecule has 1 atom stereocenters. The highest BCUT2D eigenvalue weighted by molar-refractivity contribution is 6.08. The molecule has 1 heterocycles. The third kappa shape index (κ3) is 3.07. The summed E-state index contributed by atoms with van der Waals surface area (Å²) in [7, 11) is 0. The fourth-order valence-corrected chi connectivity index (χ4v) is 1.46. The molecule has 8 nitrogen and oxygen atoms in total. The molecule has 1 saturated heterocycles. The Balaban J connectivity index is 1.91. The van der Waals surface area contributed by atoms with Gasteiger partial charge in [0.25, 0.3) is 11.8 Å². The fourth-order valence-electron chi connectivity index (χ4n) is 1.46. The maximum absolute atomic E-state index is 12.7. The van der Waals surface area contributed by atoms with Gasteiger partial charge in [0, 0.05) is 5.56 Å². The number of urea groups is 2. The van der Waals surface area contributed by atoms with Crippen LogP contribution >= 0.6 is 0 Å². The van der Waals surface area contributed by atoms with E-state index in [1.807, 2.05) is 10.6 Å². The minimum Gasteiger partial charge on any atom is -0.309 e. The van der Waals surface area contributed by atoms with Crippen LogP contribution in [0.25, 0.3) is 0 Å². The van der Waals surface area contributed by atoms with Gasteiger partial charge in [-0.1, -0.05) is 0 Å². The average molecular weight is 280 g/mol. The molecule has 0 bridgehead atoms. The Hall–Kier alpha value is -2.97. The van der Waals surface area contributed by atoms with E-state index in [0.29, 0.717) is 0 Å². The number of halogens is 1. The third-order valence-electron chi connectivity index (χ3n) is 2.38. The van der Waals surface area contributed by atoms with E-state index in [4.69, 9.17) is 0 Å². The molecule has 0 radical (unpaired) electrons. The predicted octanol–water partition coefficient (Wildman–Crippen LogP) is -0.569. The van der Waals surface area contributed by atoms with Crippen LogP contribution < -0.4 is 21.3 Å². The Morgan fingerprint density at radius 1 is 1.15 bits per heavy atom. The molecule has 1 aliphatic rings. The molecule has 2 rings (SSSR count). The molecule has 1 unspecified atom stereocenters. The Morgan fingerprint density at radius 2 is 1.80 bits per heavy atom. The first-order chi connectivity index (χ1) is 9.45. The van der Waals surface area contributed by atoms with Gasteiger partial charge in [-0.25, -0.2) is 14.0 Å². The lowest BCUT2D eigenvalue weighted by atomic mass is 10.2. The van der Waals surface area contributed by atoms with Crippen LogP contribution in [0.1, 0.15) is 10.4 Å². The van der Waals surface area contributed by atoms with Gasteiger partial charge in [-0.15, -0.1) is 0 Å². The van der Waals surface area contributed by atoms with Crippen molar-refractivity contribution >= 4 is 23.9 Å². The van der Waals surface area contributed by atoms with E-state index >= 15 is 0 Å². The summed E-state index contributed by atoms with van der Waals surface area (Å²) in [5, 5.41) is 8.05. The topological polar surface area (TPSA) is 116 Å². The molecule has 1 aromatic rings. The smallest absolute Gasteiger partial charge is 0.309 e. The highest BCUT2D eigenvalue weighted by atomic mass is 19.1. The minimum absolute atomic E-state index is 0.0708. The standard InChI is InChI=1S/C11H9FN4O4/c12-6-3-1-5(2-4-6)8(17)15-10(19)13-7-9(18)16-11(20)14-7/h1-4,7H,(H2,13,15,17,19)(H2,14,16,18,20). The molecule has 9 heteroatoms. The van der Waals surface area contributed by atoms with Crippen molar-refractivity contribution in [3.63, 3.8) is 0 Å². The first-order valence-electron chi connectivity index (χ1n) is 5.44. The third-order valence-corrected chi connectivity index (χ3v) is 2.38. The molecule has 1 aliphatic heterocycles. The number of carbonyl (C=O) groups excluding carboxylic acids is 4. The second-order valence-corrected chi connectivity index (χ2v) is 3.83. The Morgan fingerprint density at radius 3 is 2.35 bits per heavy atom. The van der Waals surface area contributed by atoms with E-state index in [1.165, 1.54) is 12.1 Å². The number of carbonyl (C=O) groups is 4. The molecular formula is C11H9FN4O4. The van der Waals surface area contributed by atoms with E-state index < -0.39 is 35.9 Å². The Kier molecular flexibility index (Phi) is 3.60. The highest BCUT2D eigenvalue weighted by Gasteiger charge is 2.31. The first kappa shape index (κ1) is 13.5. The maximum Gasteiger partial charge on any atom is 0.323 e.